The molecule has 1 amide bonds. The lowest BCUT2D eigenvalue weighted by molar-refractivity contribution is -0.302. The third-order valence-corrected chi connectivity index (χ3v) is 12.9. The Morgan fingerprint density at radius 2 is 0.918 bits per heavy atom. The minimum Gasteiger partial charge on any atom is -0.394 e. The molecule has 1 fully saturated rings. The number of amides is 1. The molecule has 362 valence electrons. The van der Waals surface area contributed by atoms with Crippen LogP contribution in [0.5, 0.6) is 0 Å². The first-order valence-electron chi connectivity index (χ1n) is 26.4. The van der Waals surface area contributed by atoms with Gasteiger partial charge in [-0.1, -0.05) is 225 Å². The summed E-state index contributed by atoms with van der Waals surface area (Å²) in [4.78, 5) is 13.0. The second kappa shape index (κ2) is 42.9. The molecule has 0 aromatic heterocycles. The zero-order chi connectivity index (χ0) is 44.4. The standard InChI is InChI=1S/C52H101NO8/c1-3-5-7-9-11-13-15-17-18-19-20-21-22-23-24-25-26-27-28-30-31-33-35-37-39-41-46(55)45(44-60-52-51(59)50(58)49(57)47(43-54)61-52)53-48(56)42-40-38-36-34-32-29-16-14-12-10-8-6-4-2/h14,16,45-47,49-52,54-55,57-59H,3-13,15,17-44H2,1-2H3,(H,53,56)/b16-14-. The molecule has 7 unspecified atom stereocenters. The van der Waals surface area contributed by atoms with Crippen molar-refractivity contribution in [1.82, 2.24) is 5.32 Å². The zero-order valence-electron chi connectivity index (χ0n) is 39.9. The maximum absolute atomic E-state index is 13.0. The van der Waals surface area contributed by atoms with Gasteiger partial charge in [0.25, 0.3) is 0 Å². The van der Waals surface area contributed by atoms with Crippen LogP contribution in [0, 0.1) is 0 Å². The predicted octanol–water partition coefficient (Wildman–Crippen LogP) is 12.1. The van der Waals surface area contributed by atoms with E-state index in [0.29, 0.717) is 12.8 Å². The Balaban J connectivity index is 2.20. The highest BCUT2D eigenvalue weighted by atomic mass is 16.7. The molecular weight excluding hydrogens is 767 g/mol. The number of aliphatic hydroxyl groups excluding tert-OH is 5. The first kappa shape index (κ1) is 57.9. The van der Waals surface area contributed by atoms with E-state index in [1.54, 1.807) is 0 Å². The predicted molar refractivity (Wildman–Crippen MR) is 254 cm³/mol. The second-order valence-corrected chi connectivity index (χ2v) is 18.7. The number of hydrogen-bond donors (Lipinski definition) is 6. The summed E-state index contributed by atoms with van der Waals surface area (Å²) in [6.45, 7) is 3.84. The Labute approximate surface area is 376 Å². The molecule has 0 bridgehead atoms. The second-order valence-electron chi connectivity index (χ2n) is 18.7. The molecule has 0 radical (unpaired) electrons. The smallest absolute Gasteiger partial charge is 0.220 e. The van der Waals surface area contributed by atoms with Crippen LogP contribution in [-0.2, 0) is 14.3 Å². The van der Waals surface area contributed by atoms with Gasteiger partial charge in [-0.05, 0) is 38.5 Å². The lowest BCUT2D eigenvalue weighted by Crippen LogP contribution is -2.60. The summed E-state index contributed by atoms with van der Waals surface area (Å²) >= 11 is 0. The van der Waals surface area contributed by atoms with Gasteiger partial charge >= 0.3 is 0 Å². The highest BCUT2D eigenvalue weighted by Gasteiger charge is 2.44. The molecule has 1 saturated heterocycles. The highest BCUT2D eigenvalue weighted by Crippen LogP contribution is 2.23. The fraction of sp³-hybridized carbons (Fsp3) is 0.942. The largest absolute Gasteiger partial charge is 0.394 e. The number of unbranched alkanes of at least 4 members (excludes halogenated alkanes) is 33. The lowest BCUT2D eigenvalue weighted by Gasteiger charge is -2.40. The molecule has 0 aromatic carbocycles. The van der Waals surface area contributed by atoms with E-state index in [0.717, 1.165) is 51.4 Å². The monoisotopic (exact) mass is 868 g/mol. The molecule has 0 saturated carbocycles. The number of nitrogens with one attached hydrogen (secondary N) is 1. The van der Waals surface area contributed by atoms with Gasteiger partial charge in [-0.3, -0.25) is 4.79 Å². The first-order chi connectivity index (χ1) is 29.8. The van der Waals surface area contributed by atoms with E-state index >= 15 is 0 Å². The Bertz CT molecular complexity index is 966. The maximum atomic E-state index is 13.0. The van der Waals surface area contributed by atoms with Crippen molar-refractivity contribution in [2.45, 2.75) is 301 Å². The van der Waals surface area contributed by atoms with Crippen molar-refractivity contribution >= 4 is 5.91 Å². The molecule has 1 aliphatic heterocycles. The van der Waals surface area contributed by atoms with Gasteiger partial charge in [0.15, 0.2) is 6.29 Å². The number of carbonyl (C=O) groups excluding carboxylic acids is 1. The Kier molecular flexibility index (Phi) is 40.7. The number of ether oxygens (including phenoxy) is 2. The van der Waals surface area contributed by atoms with Crippen LogP contribution in [0.25, 0.3) is 0 Å². The topological polar surface area (TPSA) is 149 Å². The van der Waals surface area contributed by atoms with Crippen LogP contribution in [-0.4, -0.2) is 87.5 Å². The van der Waals surface area contributed by atoms with E-state index in [1.807, 2.05) is 0 Å². The molecule has 9 heteroatoms. The molecular formula is C52H101NO8. The van der Waals surface area contributed by atoms with Crippen molar-refractivity contribution in [2.24, 2.45) is 0 Å². The summed E-state index contributed by atoms with van der Waals surface area (Å²) in [6.07, 6.45) is 43.8. The quantitative estimate of drug-likeness (QED) is 0.0262. The molecule has 9 nitrogen and oxygen atoms in total. The first-order valence-corrected chi connectivity index (χ1v) is 26.4. The van der Waals surface area contributed by atoms with Crippen LogP contribution in [0.2, 0.25) is 0 Å². The van der Waals surface area contributed by atoms with Gasteiger partial charge in [0, 0.05) is 6.42 Å². The van der Waals surface area contributed by atoms with Gasteiger partial charge in [-0.2, -0.15) is 0 Å². The summed E-state index contributed by atoms with van der Waals surface area (Å²) in [5.74, 6) is -0.151. The molecule has 1 rings (SSSR count). The minimum absolute atomic E-state index is 0.138. The molecule has 1 aliphatic rings. The molecule has 0 aromatic rings. The number of allylic oxidation sites excluding steroid dienone is 2. The van der Waals surface area contributed by atoms with Crippen molar-refractivity contribution in [3.05, 3.63) is 12.2 Å². The van der Waals surface area contributed by atoms with Gasteiger partial charge in [0.1, 0.15) is 24.4 Å². The molecule has 7 atom stereocenters. The SMILES string of the molecule is CCCCCC/C=C\CCCCCCCC(=O)NC(COC1OC(CO)C(O)C(O)C1O)C(O)CCCCCCCCCCCCCCCCCCCCCCCCCCC. The fourth-order valence-corrected chi connectivity index (χ4v) is 8.63. The number of carbonyl (C=O) groups is 1. The van der Waals surface area contributed by atoms with Crippen molar-refractivity contribution in [2.75, 3.05) is 13.2 Å². The lowest BCUT2D eigenvalue weighted by atomic mass is 9.99. The highest BCUT2D eigenvalue weighted by molar-refractivity contribution is 5.76. The minimum atomic E-state index is -1.55. The zero-order valence-corrected chi connectivity index (χ0v) is 39.9. The molecule has 6 N–H and O–H groups in total. The Morgan fingerprint density at radius 3 is 1.34 bits per heavy atom. The van der Waals surface area contributed by atoms with E-state index < -0.39 is 49.5 Å². The third kappa shape index (κ3) is 33.1. The Morgan fingerprint density at radius 1 is 0.541 bits per heavy atom. The normalized spacial score (nSPS) is 20.4. The number of rotatable bonds is 45. The summed E-state index contributed by atoms with van der Waals surface area (Å²) < 4.78 is 11.3. The maximum Gasteiger partial charge on any atom is 0.220 e. The van der Waals surface area contributed by atoms with Gasteiger partial charge < -0.3 is 40.3 Å². The number of hydrogen-bond acceptors (Lipinski definition) is 8. The van der Waals surface area contributed by atoms with Crippen LogP contribution in [0.4, 0.5) is 0 Å². The van der Waals surface area contributed by atoms with Crippen molar-refractivity contribution in [1.29, 1.82) is 0 Å². The van der Waals surface area contributed by atoms with Gasteiger partial charge in [0.05, 0.1) is 25.4 Å². The van der Waals surface area contributed by atoms with Crippen LogP contribution in [0.15, 0.2) is 12.2 Å². The average molecular weight is 868 g/mol. The summed E-state index contributed by atoms with van der Waals surface area (Å²) in [6, 6.07) is -0.719. The van der Waals surface area contributed by atoms with Crippen LogP contribution >= 0.6 is 0 Å². The Hall–Kier alpha value is -1.07. The van der Waals surface area contributed by atoms with E-state index in [1.165, 1.54) is 180 Å². The van der Waals surface area contributed by atoms with Gasteiger partial charge in [-0.25, -0.2) is 0 Å². The van der Waals surface area contributed by atoms with Crippen LogP contribution in [0.1, 0.15) is 258 Å². The fourth-order valence-electron chi connectivity index (χ4n) is 8.63. The summed E-state index contributed by atoms with van der Waals surface area (Å²) in [7, 11) is 0. The number of aliphatic hydroxyl groups is 5. The summed E-state index contributed by atoms with van der Waals surface area (Å²) in [5.41, 5.74) is 0. The van der Waals surface area contributed by atoms with E-state index in [9.17, 15) is 30.3 Å². The van der Waals surface area contributed by atoms with Gasteiger partial charge in [-0.15, -0.1) is 0 Å². The van der Waals surface area contributed by atoms with Crippen molar-refractivity contribution in [3.63, 3.8) is 0 Å². The van der Waals surface area contributed by atoms with E-state index in [2.05, 4.69) is 31.3 Å². The summed E-state index contributed by atoms with van der Waals surface area (Å²) in [5, 5.41) is 54.5. The molecule has 1 heterocycles. The molecule has 0 aliphatic carbocycles. The van der Waals surface area contributed by atoms with Crippen molar-refractivity contribution in [3.8, 4) is 0 Å². The van der Waals surface area contributed by atoms with Gasteiger partial charge in [0.2, 0.25) is 5.91 Å². The van der Waals surface area contributed by atoms with E-state index in [-0.39, 0.29) is 12.5 Å². The molecule has 0 spiro atoms. The van der Waals surface area contributed by atoms with Crippen LogP contribution in [0.3, 0.4) is 0 Å². The molecule has 61 heavy (non-hydrogen) atoms. The van der Waals surface area contributed by atoms with E-state index in [4.69, 9.17) is 9.47 Å². The third-order valence-electron chi connectivity index (χ3n) is 12.9. The average Bonchev–Trinajstić information content (AvgIpc) is 3.26. The van der Waals surface area contributed by atoms with Crippen LogP contribution < -0.4 is 5.32 Å². The van der Waals surface area contributed by atoms with Crippen molar-refractivity contribution < 1.29 is 39.8 Å².